The van der Waals surface area contributed by atoms with Crippen molar-refractivity contribution in [2.24, 2.45) is 5.73 Å². The standard InChI is InChI=1S/C14H14ClNS/c15-13-6-3-7-14(8-13)17-10-12-5-2-1-4-11(12)9-16/h1-8H,9-10,16H2. The second-order valence-corrected chi connectivity index (χ2v) is 5.20. The lowest BCUT2D eigenvalue weighted by Crippen LogP contribution is -2.00. The lowest BCUT2D eigenvalue weighted by Gasteiger charge is -2.07. The first kappa shape index (κ1) is 12.5. The van der Waals surface area contributed by atoms with Gasteiger partial charge in [0.1, 0.15) is 0 Å². The van der Waals surface area contributed by atoms with Gasteiger partial charge in [-0.1, -0.05) is 41.9 Å². The summed E-state index contributed by atoms with van der Waals surface area (Å²) in [5, 5.41) is 0.780. The Morgan fingerprint density at radius 3 is 2.47 bits per heavy atom. The van der Waals surface area contributed by atoms with Crippen LogP contribution in [0.2, 0.25) is 5.02 Å². The molecule has 0 fully saturated rings. The fraction of sp³-hybridized carbons (Fsp3) is 0.143. The molecule has 3 heteroatoms. The fourth-order valence-electron chi connectivity index (χ4n) is 1.62. The summed E-state index contributed by atoms with van der Waals surface area (Å²) >= 11 is 7.73. The zero-order valence-corrected chi connectivity index (χ0v) is 11.0. The van der Waals surface area contributed by atoms with Crippen molar-refractivity contribution in [2.75, 3.05) is 0 Å². The Morgan fingerprint density at radius 2 is 1.76 bits per heavy atom. The van der Waals surface area contributed by atoms with Gasteiger partial charge in [0.2, 0.25) is 0 Å². The lowest BCUT2D eigenvalue weighted by molar-refractivity contribution is 1.04. The Morgan fingerprint density at radius 1 is 1.00 bits per heavy atom. The highest BCUT2D eigenvalue weighted by molar-refractivity contribution is 7.98. The van der Waals surface area contributed by atoms with Gasteiger partial charge in [-0.15, -0.1) is 11.8 Å². The highest BCUT2D eigenvalue weighted by atomic mass is 35.5. The first-order valence-electron chi connectivity index (χ1n) is 5.45. The quantitative estimate of drug-likeness (QED) is 0.841. The van der Waals surface area contributed by atoms with Crippen LogP contribution in [0.15, 0.2) is 53.4 Å². The molecule has 0 aromatic heterocycles. The number of rotatable bonds is 4. The molecule has 0 aliphatic carbocycles. The van der Waals surface area contributed by atoms with Crippen molar-refractivity contribution in [3.8, 4) is 0 Å². The number of benzene rings is 2. The van der Waals surface area contributed by atoms with Crippen LogP contribution in [0.5, 0.6) is 0 Å². The molecular formula is C14H14ClNS. The third kappa shape index (κ3) is 3.50. The number of halogens is 1. The monoisotopic (exact) mass is 263 g/mol. The molecule has 0 aliphatic heterocycles. The predicted octanol–water partition coefficient (Wildman–Crippen LogP) is 4.09. The Hall–Kier alpha value is -0.960. The van der Waals surface area contributed by atoms with Gasteiger partial charge in [-0.05, 0) is 29.3 Å². The van der Waals surface area contributed by atoms with Crippen molar-refractivity contribution in [1.82, 2.24) is 0 Å². The van der Waals surface area contributed by atoms with E-state index in [4.69, 9.17) is 17.3 Å². The van der Waals surface area contributed by atoms with Crippen LogP contribution in [0, 0.1) is 0 Å². The molecule has 0 unspecified atom stereocenters. The summed E-state index contributed by atoms with van der Waals surface area (Å²) in [7, 11) is 0. The number of thioether (sulfide) groups is 1. The molecule has 17 heavy (non-hydrogen) atoms. The average molecular weight is 264 g/mol. The van der Waals surface area contributed by atoms with Crippen molar-refractivity contribution in [3.05, 3.63) is 64.7 Å². The van der Waals surface area contributed by atoms with Crippen LogP contribution in [0.1, 0.15) is 11.1 Å². The summed E-state index contributed by atoms with van der Waals surface area (Å²) in [4.78, 5) is 1.18. The van der Waals surface area contributed by atoms with Crippen LogP contribution in [0.25, 0.3) is 0 Å². The van der Waals surface area contributed by atoms with Crippen LogP contribution < -0.4 is 5.73 Å². The second-order valence-electron chi connectivity index (χ2n) is 3.72. The topological polar surface area (TPSA) is 26.0 Å². The van der Waals surface area contributed by atoms with Gasteiger partial charge < -0.3 is 5.73 Å². The van der Waals surface area contributed by atoms with Crippen molar-refractivity contribution in [2.45, 2.75) is 17.2 Å². The van der Waals surface area contributed by atoms with Crippen LogP contribution in [-0.2, 0) is 12.3 Å². The molecule has 2 aromatic carbocycles. The first-order chi connectivity index (χ1) is 8.29. The molecule has 0 amide bonds. The maximum atomic E-state index is 5.95. The van der Waals surface area contributed by atoms with Gasteiger partial charge >= 0.3 is 0 Å². The number of nitrogens with two attached hydrogens (primary N) is 1. The van der Waals surface area contributed by atoms with Gasteiger partial charge in [0.05, 0.1) is 0 Å². The van der Waals surface area contributed by atoms with E-state index in [2.05, 4.69) is 18.2 Å². The van der Waals surface area contributed by atoms with Crippen LogP contribution >= 0.6 is 23.4 Å². The SMILES string of the molecule is NCc1ccccc1CSc1cccc(Cl)c1. The number of hydrogen-bond acceptors (Lipinski definition) is 2. The Labute approximate surface area is 111 Å². The summed E-state index contributed by atoms with van der Waals surface area (Å²) in [6.45, 7) is 0.590. The van der Waals surface area contributed by atoms with E-state index in [1.165, 1.54) is 16.0 Å². The molecule has 0 saturated carbocycles. The largest absolute Gasteiger partial charge is 0.326 e. The zero-order chi connectivity index (χ0) is 12.1. The first-order valence-corrected chi connectivity index (χ1v) is 6.81. The van der Waals surface area contributed by atoms with Crippen LogP contribution in [-0.4, -0.2) is 0 Å². The molecule has 0 bridgehead atoms. The number of hydrogen-bond donors (Lipinski definition) is 1. The Bertz CT molecular complexity index is 499. The van der Waals surface area contributed by atoms with Crippen molar-refractivity contribution < 1.29 is 0 Å². The second kappa shape index (κ2) is 6.10. The summed E-state index contributed by atoms with van der Waals surface area (Å²) in [5.74, 6) is 0.924. The van der Waals surface area contributed by atoms with Crippen LogP contribution in [0.4, 0.5) is 0 Å². The average Bonchev–Trinajstić information content (AvgIpc) is 2.37. The van der Waals surface area contributed by atoms with E-state index in [1.54, 1.807) is 11.8 Å². The van der Waals surface area contributed by atoms with Gasteiger partial charge in [-0.3, -0.25) is 0 Å². The summed E-state index contributed by atoms with van der Waals surface area (Å²) in [6.07, 6.45) is 0. The van der Waals surface area contributed by atoms with Crippen molar-refractivity contribution in [3.63, 3.8) is 0 Å². The normalized spacial score (nSPS) is 10.5. The molecule has 0 atom stereocenters. The molecule has 2 rings (SSSR count). The zero-order valence-electron chi connectivity index (χ0n) is 9.40. The van der Waals surface area contributed by atoms with E-state index in [-0.39, 0.29) is 0 Å². The smallest absolute Gasteiger partial charge is 0.0417 e. The molecule has 1 nitrogen and oxygen atoms in total. The third-order valence-electron chi connectivity index (χ3n) is 2.53. The van der Waals surface area contributed by atoms with E-state index in [1.807, 2.05) is 30.3 Å². The molecule has 2 aromatic rings. The minimum Gasteiger partial charge on any atom is -0.326 e. The molecule has 0 aliphatic rings. The summed E-state index contributed by atoms with van der Waals surface area (Å²) < 4.78 is 0. The lowest BCUT2D eigenvalue weighted by atomic mass is 10.1. The van der Waals surface area contributed by atoms with Crippen molar-refractivity contribution in [1.29, 1.82) is 0 Å². The molecule has 2 N–H and O–H groups in total. The van der Waals surface area contributed by atoms with Gasteiger partial charge in [0.25, 0.3) is 0 Å². The maximum Gasteiger partial charge on any atom is 0.0417 e. The molecule has 0 saturated heterocycles. The van der Waals surface area contributed by atoms with Gasteiger partial charge in [-0.25, -0.2) is 0 Å². The van der Waals surface area contributed by atoms with Crippen LogP contribution in [0.3, 0.4) is 0 Å². The Balaban J connectivity index is 2.07. The van der Waals surface area contributed by atoms with E-state index >= 15 is 0 Å². The third-order valence-corrected chi connectivity index (χ3v) is 3.81. The minimum absolute atomic E-state index is 0.590. The molecule has 0 spiro atoms. The molecule has 0 heterocycles. The van der Waals surface area contributed by atoms with Gasteiger partial charge in [-0.2, -0.15) is 0 Å². The minimum atomic E-state index is 0.590. The van der Waals surface area contributed by atoms with Gasteiger partial charge in [0.15, 0.2) is 0 Å². The van der Waals surface area contributed by atoms with E-state index < -0.39 is 0 Å². The molecule has 88 valence electrons. The highest BCUT2D eigenvalue weighted by Crippen LogP contribution is 2.26. The van der Waals surface area contributed by atoms with E-state index in [9.17, 15) is 0 Å². The predicted molar refractivity (Wildman–Crippen MR) is 75.3 cm³/mol. The molecular weight excluding hydrogens is 250 g/mol. The van der Waals surface area contributed by atoms with E-state index in [0.29, 0.717) is 6.54 Å². The van der Waals surface area contributed by atoms with Gasteiger partial charge in [0, 0.05) is 22.2 Å². The summed E-state index contributed by atoms with van der Waals surface area (Å²) in [5.41, 5.74) is 8.22. The van der Waals surface area contributed by atoms with Crippen molar-refractivity contribution >= 4 is 23.4 Å². The summed E-state index contributed by atoms with van der Waals surface area (Å²) in [6, 6.07) is 16.2. The fourth-order valence-corrected chi connectivity index (χ4v) is 2.86. The maximum absolute atomic E-state index is 5.95. The highest BCUT2D eigenvalue weighted by Gasteiger charge is 2.01. The van der Waals surface area contributed by atoms with E-state index in [0.717, 1.165) is 10.8 Å². The molecule has 0 radical (unpaired) electrons. The Kier molecular flexibility index (Phi) is 4.49.